The molecule has 30 heavy (non-hydrogen) atoms. The molecule has 0 saturated carbocycles. The van der Waals surface area contributed by atoms with Gasteiger partial charge in [-0.2, -0.15) is 5.10 Å². The van der Waals surface area contributed by atoms with Crippen LogP contribution in [0, 0.1) is 20.8 Å². The van der Waals surface area contributed by atoms with Crippen molar-refractivity contribution in [1.82, 2.24) is 19.6 Å². The molecule has 156 valence electrons. The molecule has 4 aromatic rings. The molecule has 0 unspecified atom stereocenters. The summed E-state index contributed by atoms with van der Waals surface area (Å²) in [6, 6.07) is 10.3. The maximum absolute atomic E-state index is 5.77. The number of hydrogen-bond donors (Lipinski definition) is 0. The molecule has 0 fully saturated rings. The highest BCUT2D eigenvalue weighted by Crippen LogP contribution is 2.44. The quantitative estimate of drug-likeness (QED) is 0.364. The molecule has 0 atom stereocenters. The fraction of sp³-hybridized carbons (Fsp3) is 0.375. The Balaban J connectivity index is 1.95. The minimum Gasteiger partial charge on any atom is -0.495 e. The summed E-state index contributed by atoms with van der Waals surface area (Å²) in [4.78, 5) is 11.8. The van der Waals surface area contributed by atoms with Crippen LogP contribution in [-0.4, -0.2) is 26.7 Å². The Bertz CT molecular complexity index is 1200. The summed E-state index contributed by atoms with van der Waals surface area (Å²) in [7, 11) is 1.71. The Labute approximate surface area is 181 Å². The average Bonchev–Trinajstić information content (AvgIpc) is 3.29. The lowest BCUT2D eigenvalue weighted by Gasteiger charge is -2.14. The van der Waals surface area contributed by atoms with E-state index in [1.165, 1.54) is 5.56 Å². The normalized spacial score (nSPS) is 11.6. The maximum atomic E-state index is 5.77. The summed E-state index contributed by atoms with van der Waals surface area (Å²) in [6.07, 6.45) is 2.17. The van der Waals surface area contributed by atoms with E-state index in [2.05, 4.69) is 44.8 Å². The highest BCUT2D eigenvalue weighted by molar-refractivity contribution is 7.19. The Morgan fingerprint density at radius 3 is 2.47 bits per heavy atom. The van der Waals surface area contributed by atoms with Crippen molar-refractivity contribution in [2.45, 2.75) is 53.4 Å². The van der Waals surface area contributed by atoms with Crippen LogP contribution in [0.2, 0.25) is 0 Å². The second-order valence-corrected chi connectivity index (χ2v) is 8.76. The lowest BCUT2D eigenvalue weighted by molar-refractivity contribution is 0.418. The van der Waals surface area contributed by atoms with Crippen LogP contribution in [0.25, 0.3) is 26.8 Å². The predicted octanol–water partition coefficient (Wildman–Crippen LogP) is 6.36. The number of ether oxygens (including phenoxy) is 1. The summed E-state index contributed by atoms with van der Waals surface area (Å²) in [6.45, 7) is 10.6. The molecule has 4 heterocycles. The van der Waals surface area contributed by atoms with E-state index >= 15 is 0 Å². The largest absolute Gasteiger partial charge is 0.495 e. The molecule has 0 N–H and O–H groups in total. The number of hydrogen-bond acceptors (Lipinski definition) is 5. The lowest BCUT2D eigenvalue weighted by atomic mass is 9.95. The number of imidazole rings is 1. The van der Waals surface area contributed by atoms with Gasteiger partial charge in [-0.3, -0.25) is 4.98 Å². The van der Waals surface area contributed by atoms with Crippen LogP contribution < -0.4 is 4.74 Å². The predicted molar refractivity (Wildman–Crippen MR) is 124 cm³/mol. The number of nitrogens with zero attached hydrogens (tertiary/aromatic N) is 4. The highest BCUT2D eigenvalue weighted by Gasteiger charge is 2.23. The SMILES string of the molecule is CCC(CC)c1cc(C)nn2c(-c3sc(-c4cccc(C)n4)cc3OC)c(C)nc12. The Kier molecular flexibility index (Phi) is 5.60. The molecule has 0 aliphatic heterocycles. The van der Waals surface area contributed by atoms with Crippen LogP contribution in [0.1, 0.15) is 55.3 Å². The summed E-state index contributed by atoms with van der Waals surface area (Å²) in [5, 5.41) is 4.85. The van der Waals surface area contributed by atoms with Crippen molar-refractivity contribution in [2.75, 3.05) is 7.11 Å². The number of aryl methyl sites for hydroxylation is 3. The van der Waals surface area contributed by atoms with E-state index in [1.807, 2.05) is 29.6 Å². The van der Waals surface area contributed by atoms with E-state index in [9.17, 15) is 0 Å². The molecule has 0 aromatic carbocycles. The maximum Gasteiger partial charge on any atom is 0.158 e. The highest BCUT2D eigenvalue weighted by atomic mass is 32.1. The van der Waals surface area contributed by atoms with Crippen molar-refractivity contribution >= 4 is 17.0 Å². The molecule has 0 aliphatic carbocycles. The molecule has 0 aliphatic rings. The molecule has 0 bridgehead atoms. The van der Waals surface area contributed by atoms with Crippen LogP contribution >= 0.6 is 11.3 Å². The zero-order valence-corrected chi connectivity index (χ0v) is 19.3. The third kappa shape index (κ3) is 3.49. The van der Waals surface area contributed by atoms with Crippen molar-refractivity contribution in [2.24, 2.45) is 0 Å². The fourth-order valence-corrected chi connectivity index (χ4v) is 5.24. The lowest BCUT2D eigenvalue weighted by Crippen LogP contribution is -2.05. The van der Waals surface area contributed by atoms with Crippen molar-refractivity contribution in [3.05, 3.63) is 53.0 Å². The van der Waals surface area contributed by atoms with Crippen LogP contribution in [0.3, 0.4) is 0 Å². The van der Waals surface area contributed by atoms with E-state index in [-0.39, 0.29) is 0 Å². The van der Waals surface area contributed by atoms with Gasteiger partial charge in [0, 0.05) is 17.3 Å². The minimum absolute atomic E-state index is 0.473. The van der Waals surface area contributed by atoms with Crippen molar-refractivity contribution in [3.8, 4) is 26.9 Å². The average molecular weight is 421 g/mol. The number of thiophene rings is 1. The van der Waals surface area contributed by atoms with Gasteiger partial charge in [-0.1, -0.05) is 19.9 Å². The van der Waals surface area contributed by atoms with Gasteiger partial charge in [0.1, 0.15) is 11.4 Å². The van der Waals surface area contributed by atoms with Crippen LogP contribution in [0.15, 0.2) is 30.3 Å². The number of fused-ring (bicyclic) bond motifs is 1. The minimum atomic E-state index is 0.473. The number of aromatic nitrogens is 4. The molecule has 0 spiro atoms. The summed E-state index contributed by atoms with van der Waals surface area (Å²) in [5.41, 5.74) is 7.15. The van der Waals surface area contributed by atoms with Gasteiger partial charge in [-0.15, -0.1) is 11.3 Å². The second kappa shape index (κ2) is 8.19. The summed E-state index contributed by atoms with van der Waals surface area (Å²) in [5.74, 6) is 1.30. The standard InChI is InChI=1S/C24H28N4OS/c1-7-17(8-2)18-12-15(4)27-28-22(16(5)26-24(18)28)23-20(29-6)13-21(30-23)19-11-9-10-14(3)25-19/h9-13,17H,7-8H2,1-6H3. The molecule has 0 saturated heterocycles. The van der Waals surface area contributed by atoms with E-state index in [0.29, 0.717) is 5.92 Å². The van der Waals surface area contributed by atoms with E-state index in [0.717, 1.165) is 62.5 Å². The number of pyridine rings is 1. The molecule has 0 radical (unpaired) electrons. The summed E-state index contributed by atoms with van der Waals surface area (Å²) < 4.78 is 7.78. The van der Waals surface area contributed by atoms with Crippen molar-refractivity contribution < 1.29 is 4.74 Å². The van der Waals surface area contributed by atoms with E-state index in [1.54, 1.807) is 18.4 Å². The molecular weight excluding hydrogens is 392 g/mol. The van der Waals surface area contributed by atoms with E-state index < -0.39 is 0 Å². The topological polar surface area (TPSA) is 52.3 Å². The fourth-order valence-electron chi connectivity index (χ4n) is 4.07. The van der Waals surface area contributed by atoms with Gasteiger partial charge >= 0.3 is 0 Å². The van der Waals surface area contributed by atoms with Crippen LogP contribution in [0.5, 0.6) is 5.75 Å². The van der Waals surface area contributed by atoms with Gasteiger partial charge in [-0.05, 0) is 57.7 Å². The first kappa shape index (κ1) is 20.5. The Morgan fingerprint density at radius 1 is 1.03 bits per heavy atom. The number of methoxy groups -OCH3 is 1. The van der Waals surface area contributed by atoms with Gasteiger partial charge in [0.15, 0.2) is 5.65 Å². The zero-order valence-electron chi connectivity index (χ0n) is 18.5. The van der Waals surface area contributed by atoms with Crippen LogP contribution in [-0.2, 0) is 0 Å². The number of rotatable bonds is 6. The second-order valence-electron chi connectivity index (χ2n) is 7.71. The molecule has 5 nitrogen and oxygen atoms in total. The van der Waals surface area contributed by atoms with Gasteiger partial charge in [0.25, 0.3) is 0 Å². The molecular formula is C24H28N4OS. The third-order valence-electron chi connectivity index (χ3n) is 5.61. The Morgan fingerprint density at radius 2 is 1.80 bits per heavy atom. The van der Waals surface area contributed by atoms with Gasteiger partial charge < -0.3 is 4.74 Å². The Hall–Kier alpha value is -2.73. The van der Waals surface area contributed by atoms with Crippen molar-refractivity contribution in [1.29, 1.82) is 0 Å². The third-order valence-corrected chi connectivity index (χ3v) is 6.75. The van der Waals surface area contributed by atoms with Gasteiger partial charge in [-0.25, -0.2) is 9.50 Å². The molecule has 0 amide bonds. The van der Waals surface area contributed by atoms with E-state index in [4.69, 9.17) is 14.8 Å². The smallest absolute Gasteiger partial charge is 0.158 e. The summed E-state index contributed by atoms with van der Waals surface area (Å²) >= 11 is 1.68. The first-order valence-electron chi connectivity index (χ1n) is 10.5. The molecule has 6 heteroatoms. The molecule has 4 rings (SSSR count). The van der Waals surface area contributed by atoms with Gasteiger partial charge in [0.05, 0.1) is 33.9 Å². The first-order chi connectivity index (χ1) is 14.5. The van der Waals surface area contributed by atoms with Gasteiger partial charge in [0.2, 0.25) is 0 Å². The van der Waals surface area contributed by atoms with Crippen molar-refractivity contribution in [3.63, 3.8) is 0 Å². The van der Waals surface area contributed by atoms with Crippen LogP contribution in [0.4, 0.5) is 0 Å². The zero-order chi connectivity index (χ0) is 21.4. The monoisotopic (exact) mass is 420 g/mol. The first-order valence-corrected chi connectivity index (χ1v) is 11.3. The molecule has 4 aromatic heterocycles.